The van der Waals surface area contributed by atoms with Crippen molar-refractivity contribution in [2.24, 2.45) is 21.5 Å². The number of hydrogen-bond acceptors (Lipinski definition) is 10. The largest absolute Gasteiger partial charge is 0.463 e. The lowest BCUT2D eigenvalue weighted by molar-refractivity contribution is -0.140. The molecule has 2 heterocycles. The first-order chi connectivity index (χ1) is 20.7. The van der Waals surface area contributed by atoms with E-state index in [1.54, 1.807) is 0 Å². The monoisotopic (exact) mass is 640 g/mol. The lowest BCUT2D eigenvalue weighted by atomic mass is 10.3. The summed E-state index contributed by atoms with van der Waals surface area (Å²) in [5.74, 6) is -2.20. The Balaban J connectivity index is 1.53. The third kappa shape index (κ3) is 16.5. The molecule has 0 aliphatic heterocycles. The Labute approximate surface area is 245 Å². The zero-order chi connectivity index (χ0) is 32.6. The number of aromatic nitrogens is 6. The van der Waals surface area contributed by atoms with Crippen LogP contribution in [0.3, 0.4) is 0 Å². The maximum Gasteiger partial charge on any atom is 0.408 e. The molecule has 244 valence electrons. The molecule has 0 aliphatic rings. The van der Waals surface area contributed by atoms with Gasteiger partial charge in [-0.05, 0) is 25.7 Å². The van der Waals surface area contributed by atoms with Gasteiger partial charge in [0.2, 0.25) is 0 Å². The van der Waals surface area contributed by atoms with E-state index in [-0.39, 0.29) is 24.8 Å². The highest BCUT2D eigenvalue weighted by atomic mass is 19.4. The first-order valence-electron chi connectivity index (χ1n) is 12.8. The summed E-state index contributed by atoms with van der Waals surface area (Å²) in [6.07, 6.45) is -2.73. The fourth-order valence-electron chi connectivity index (χ4n) is 2.90. The highest BCUT2D eigenvalue weighted by Crippen LogP contribution is 2.15. The number of ether oxygens (including phenoxy) is 2. The van der Waals surface area contributed by atoms with Crippen LogP contribution >= 0.6 is 0 Å². The van der Waals surface area contributed by atoms with E-state index in [0.717, 1.165) is 12.2 Å². The van der Waals surface area contributed by atoms with Crippen molar-refractivity contribution in [2.45, 2.75) is 51.1 Å². The molecular weight excluding hydrogens is 610 g/mol. The molecular formula is C22H30F6N12O4. The zero-order valence-electron chi connectivity index (χ0n) is 23.0. The topological polar surface area (TPSA) is 215 Å². The summed E-state index contributed by atoms with van der Waals surface area (Å²) in [4.78, 5) is 32.3. The van der Waals surface area contributed by atoms with Crippen molar-refractivity contribution in [1.29, 1.82) is 0 Å². The number of aliphatic imine (C=N–C) groups is 2. The first-order valence-corrected chi connectivity index (χ1v) is 12.8. The fourth-order valence-corrected chi connectivity index (χ4v) is 2.90. The molecule has 0 radical (unpaired) electrons. The average Bonchev–Trinajstić information content (AvgIpc) is 3.57. The number of carbonyl (C=O) groups excluding carboxylic acids is 2. The minimum Gasteiger partial charge on any atom is -0.463 e. The Morgan fingerprint density at radius 3 is 1.50 bits per heavy atom. The van der Waals surface area contributed by atoms with Crippen molar-refractivity contribution in [1.82, 2.24) is 30.0 Å². The number of nitrogens with zero attached hydrogens (tertiary/aromatic N) is 8. The smallest absolute Gasteiger partial charge is 0.408 e. The van der Waals surface area contributed by atoms with E-state index < -0.39 is 49.3 Å². The van der Waals surface area contributed by atoms with E-state index in [1.807, 2.05) is 0 Å². The van der Waals surface area contributed by atoms with Gasteiger partial charge in [-0.25, -0.2) is 19.6 Å². The van der Waals surface area contributed by atoms with E-state index in [9.17, 15) is 35.9 Å². The number of unbranched alkanes of at least 4 members (excludes halogenated alkanes) is 2. The minimum atomic E-state index is -4.48. The number of rotatable bonds is 16. The molecule has 6 N–H and O–H groups in total. The highest BCUT2D eigenvalue weighted by Gasteiger charge is 2.27. The maximum absolute atomic E-state index is 12.2. The number of anilines is 2. The molecule has 22 heteroatoms. The number of esters is 2. The second kappa shape index (κ2) is 17.3. The van der Waals surface area contributed by atoms with E-state index in [2.05, 4.69) is 41.0 Å². The Morgan fingerprint density at radius 2 is 1.14 bits per heavy atom. The molecule has 0 aliphatic carbocycles. The average molecular weight is 641 g/mol. The van der Waals surface area contributed by atoms with E-state index in [4.69, 9.17) is 20.9 Å². The highest BCUT2D eigenvalue weighted by molar-refractivity contribution is 5.92. The molecule has 0 saturated heterocycles. The molecule has 2 aromatic rings. The second-order valence-electron chi connectivity index (χ2n) is 8.62. The second-order valence-corrected chi connectivity index (χ2v) is 8.62. The summed E-state index contributed by atoms with van der Waals surface area (Å²) < 4.78 is 82.9. The summed E-state index contributed by atoms with van der Waals surface area (Å²) >= 11 is 0. The lowest BCUT2D eigenvalue weighted by Gasteiger charge is -2.04. The number of aryl methyl sites for hydroxylation is 2. The number of hydrogen-bond donors (Lipinski definition) is 4. The molecule has 0 saturated carbocycles. The van der Waals surface area contributed by atoms with Crippen LogP contribution in [0, 0.1) is 0 Å². The number of guanidine groups is 2. The summed E-state index contributed by atoms with van der Waals surface area (Å²) in [6, 6.07) is 0. The molecule has 0 unspecified atom stereocenters. The predicted octanol–water partition coefficient (Wildman–Crippen LogP) is 1.35. The molecule has 16 nitrogen and oxygen atoms in total. The summed E-state index contributed by atoms with van der Waals surface area (Å²) in [5.41, 5.74) is 10.7. The van der Waals surface area contributed by atoms with E-state index in [1.165, 1.54) is 22.0 Å². The SMILES string of the molecule is NC(=NCC(F)(F)F)Nc1cnn(CCCCOC(=O)/C=C\C(=O)OCCCCn2ncc(NC(N)=NCC(F)(F)F)n2)n1. The third-order valence-electron chi connectivity index (χ3n) is 4.79. The van der Waals surface area contributed by atoms with Gasteiger partial charge in [0.15, 0.2) is 23.6 Å². The molecule has 0 atom stereocenters. The predicted molar refractivity (Wildman–Crippen MR) is 142 cm³/mol. The number of nitrogens with one attached hydrogen (secondary N) is 2. The standard InChI is InChI=1S/C22H30F6N12O4/c23-21(24,25)13-31-19(29)35-15-11-33-39(37-15)7-1-3-9-43-17(41)5-6-18(42)44-10-4-2-8-40-34-12-16(38-40)36-20(30)32-14-22(26,27)28/h5-6,11-12H,1-4,7-10,13-14H2,(H3,29,31,35,37)(H3,30,32,36,38)/b6-5-. The first kappa shape index (κ1) is 35.3. The molecule has 2 rings (SSSR count). The quantitative estimate of drug-likeness (QED) is 0.0511. The lowest BCUT2D eigenvalue weighted by Crippen LogP contribution is -2.25. The third-order valence-corrected chi connectivity index (χ3v) is 4.79. The Kier molecular flexibility index (Phi) is 13.8. The molecule has 0 bridgehead atoms. The van der Waals surface area contributed by atoms with Gasteiger partial charge in [-0.1, -0.05) is 0 Å². The minimum absolute atomic E-state index is 0.0489. The number of carbonyl (C=O) groups is 2. The maximum atomic E-state index is 12.2. The van der Waals surface area contributed by atoms with Crippen molar-refractivity contribution >= 4 is 35.5 Å². The van der Waals surface area contributed by atoms with Crippen LogP contribution < -0.4 is 22.1 Å². The van der Waals surface area contributed by atoms with Gasteiger partial charge in [0.25, 0.3) is 0 Å². The van der Waals surface area contributed by atoms with Crippen LogP contribution in [0.15, 0.2) is 34.5 Å². The van der Waals surface area contributed by atoms with E-state index >= 15 is 0 Å². The van der Waals surface area contributed by atoms with Crippen molar-refractivity contribution < 1.29 is 45.4 Å². The summed E-state index contributed by atoms with van der Waals surface area (Å²) in [7, 11) is 0. The van der Waals surface area contributed by atoms with Gasteiger partial charge < -0.3 is 31.6 Å². The fraction of sp³-hybridized carbons (Fsp3) is 0.545. The molecule has 2 aromatic heterocycles. The van der Waals surface area contributed by atoms with Gasteiger partial charge >= 0.3 is 24.3 Å². The molecule has 0 spiro atoms. The van der Waals surface area contributed by atoms with Crippen LogP contribution in [-0.2, 0) is 32.2 Å². The van der Waals surface area contributed by atoms with Crippen molar-refractivity contribution in [3.63, 3.8) is 0 Å². The summed E-state index contributed by atoms with van der Waals surface area (Å²) in [6.45, 7) is -2.12. The van der Waals surface area contributed by atoms with Gasteiger partial charge in [-0.2, -0.15) is 46.1 Å². The van der Waals surface area contributed by atoms with Crippen LogP contribution in [0.4, 0.5) is 38.0 Å². The van der Waals surface area contributed by atoms with Crippen LogP contribution in [0.2, 0.25) is 0 Å². The summed E-state index contributed by atoms with van der Waals surface area (Å²) in [5, 5.41) is 20.6. The molecule has 0 fully saturated rings. The van der Waals surface area contributed by atoms with Crippen molar-refractivity contribution in [2.75, 3.05) is 36.9 Å². The van der Waals surface area contributed by atoms with E-state index in [0.29, 0.717) is 38.8 Å². The number of halogens is 6. The van der Waals surface area contributed by atoms with Crippen LogP contribution in [0.5, 0.6) is 0 Å². The Morgan fingerprint density at radius 1 is 0.750 bits per heavy atom. The zero-order valence-corrected chi connectivity index (χ0v) is 23.0. The van der Waals surface area contributed by atoms with Crippen LogP contribution in [0.1, 0.15) is 25.7 Å². The number of alkyl halides is 6. The van der Waals surface area contributed by atoms with Crippen molar-refractivity contribution in [3.8, 4) is 0 Å². The normalized spacial score (nSPS) is 12.9. The van der Waals surface area contributed by atoms with Crippen molar-refractivity contribution in [3.05, 3.63) is 24.5 Å². The molecule has 0 aromatic carbocycles. The van der Waals surface area contributed by atoms with Gasteiger partial charge in [0.05, 0.1) is 38.7 Å². The van der Waals surface area contributed by atoms with Gasteiger partial charge in [0, 0.05) is 12.2 Å². The van der Waals surface area contributed by atoms with Gasteiger partial charge in [0.1, 0.15) is 13.1 Å². The van der Waals surface area contributed by atoms with Crippen LogP contribution in [-0.4, -0.2) is 92.5 Å². The molecule has 44 heavy (non-hydrogen) atoms. The number of nitrogens with two attached hydrogens (primary N) is 2. The Bertz CT molecular complexity index is 1190. The molecule has 0 amide bonds. The Hall–Kier alpha value is -4.92. The van der Waals surface area contributed by atoms with Gasteiger partial charge in [-0.15, -0.1) is 10.2 Å². The van der Waals surface area contributed by atoms with Crippen LogP contribution in [0.25, 0.3) is 0 Å². The van der Waals surface area contributed by atoms with Gasteiger partial charge in [-0.3, -0.25) is 0 Å².